The predicted octanol–water partition coefficient (Wildman–Crippen LogP) is 1.91. The van der Waals surface area contributed by atoms with Crippen molar-refractivity contribution in [3.63, 3.8) is 0 Å². The molecular weight excluding hydrogens is 214 g/mol. The maximum atomic E-state index is 9.94. The van der Waals surface area contributed by atoms with Crippen molar-refractivity contribution >= 4 is 0 Å². The minimum atomic E-state index is 0.0198. The molecule has 3 nitrogen and oxygen atoms in total. The van der Waals surface area contributed by atoms with Crippen LogP contribution in [-0.4, -0.2) is 34.7 Å². The molecule has 1 aromatic carbocycles. The number of nitrogens with zero attached hydrogens (tertiary/aromatic N) is 1. The number of aromatic hydroxyl groups is 2. The van der Waals surface area contributed by atoms with Gasteiger partial charge < -0.3 is 15.1 Å². The first kappa shape index (κ1) is 10.9. The molecule has 1 aromatic rings. The first-order chi connectivity index (χ1) is 8.16. The summed E-state index contributed by atoms with van der Waals surface area (Å²) in [5.41, 5.74) is 2.18. The molecule has 17 heavy (non-hydrogen) atoms. The number of phenolic OH excluding ortho intramolecular Hbond substituents is 2. The molecular formula is C14H19NO2. The van der Waals surface area contributed by atoms with Gasteiger partial charge in [-0.3, -0.25) is 0 Å². The average molecular weight is 233 g/mol. The van der Waals surface area contributed by atoms with Gasteiger partial charge >= 0.3 is 0 Å². The summed E-state index contributed by atoms with van der Waals surface area (Å²) >= 11 is 0. The average Bonchev–Trinajstić information content (AvgIpc) is 2.33. The number of benzene rings is 1. The van der Waals surface area contributed by atoms with Crippen molar-refractivity contribution in [2.24, 2.45) is 5.92 Å². The highest BCUT2D eigenvalue weighted by Gasteiger charge is 2.35. The molecule has 0 amide bonds. The van der Waals surface area contributed by atoms with Gasteiger partial charge in [-0.25, -0.2) is 0 Å². The second-order valence-electron chi connectivity index (χ2n) is 5.43. The molecule has 0 unspecified atom stereocenters. The normalized spacial score (nSPS) is 28.5. The Labute approximate surface area is 102 Å². The number of hydrogen-bond donors (Lipinski definition) is 2. The van der Waals surface area contributed by atoms with Crippen LogP contribution in [0.4, 0.5) is 0 Å². The first-order valence-corrected chi connectivity index (χ1v) is 6.39. The van der Waals surface area contributed by atoms with Crippen LogP contribution in [0.25, 0.3) is 0 Å². The molecule has 92 valence electrons. The number of rotatable bonds is 0. The van der Waals surface area contributed by atoms with Gasteiger partial charge in [0.05, 0.1) is 0 Å². The monoisotopic (exact) mass is 233 g/mol. The summed E-state index contributed by atoms with van der Waals surface area (Å²) in [5.74, 6) is 0.759. The molecule has 0 radical (unpaired) electrons. The number of likely N-dealkylation sites (N-methyl/N-ethyl adjacent to an activating group) is 1. The third-order valence-corrected chi connectivity index (χ3v) is 4.45. The highest BCUT2D eigenvalue weighted by atomic mass is 16.3. The van der Waals surface area contributed by atoms with Gasteiger partial charge in [0.25, 0.3) is 0 Å². The van der Waals surface area contributed by atoms with Crippen molar-refractivity contribution in [1.29, 1.82) is 0 Å². The highest BCUT2D eigenvalue weighted by Crippen LogP contribution is 2.41. The van der Waals surface area contributed by atoms with Crippen LogP contribution >= 0.6 is 0 Å². The molecule has 3 heteroatoms. The van der Waals surface area contributed by atoms with Gasteiger partial charge in [-0.05, 0) is 56.8 Å². The van der Waals surface area contributed by atoms with E-state index in [-0.39, 0.29) is 11.5 Å². The lowest BCUT2D eigenvalue weighted by molar-refractivity contribution is 0.111. The molecule has 2 atom stereocenters. The van der Waals surface area contributed by atoms with Gasteiger partial charge in [0.1, 0.15) is 0 Å². The Morgan fingerprint density at radius 3 is 2.88 bits per heavy atom. The van der Waals surface area contributed by atoms with E-state index in [9.17, 15) is 10.2 Å². The SMILES string of the molecule is CN1CCC[C@@H]2Cc3c(ccc(O)c3O)C[C@H]21. The fourth-order valence-corrected chi connectivity index (χ4v) is 3.45. The lowest BCUT2D eigenvalue weighted by Crippen LogP contribution is -2.47. The minimum absolute atomic E-state index is 0.0198. The van der Waals surface area contributed by atoms with Gasteiger partial charge in [0.15, 0.2) is 11.5 Å². The Hall–Kier alpha value is -1.22. The van der Waals surface area contributed by atoms with Crippen molar-refractivity contribution in [2.75, 3.05) is 13.6 Å². The second-order valence-corrected chi connectivity index (χ2v) is 5.43. The van der Waals surface area contributed by atoms with E-state index in [4.69, 9.17) is 0 Å². The van der Waals surface area contributed by atoms with Crippen LogP contribution in [0.2, 0.25) is 0 Å². The van der Waals surface area contributed by atoms with Gasteiger partial charge in [-0.15, -0.1) is 0 Å². The van der Waals surface area contributed by atoms with Crippen LogP contribution in [0.1, 0.15) is 24.0 Å². The van der Waals surface area contributed by atoms with E-state index >= 15 is 0 Å². The molecule has 2 aliphatic rings. The number of fused-ring (bicyclic) bond motifs is 2. The topological polar surface area (TPSA) is 43.7 Å². The highest BCUT2D eigenvalue weighted by molar-refractivity contribution is 5.50. The standard InChI is InChI=1S/C14H19NO2/c1-15-6-2-3-10-7-11-9(8-12(10)15)4-5-13(16)14(11)17/h4-5,10,12,16-17H,2-3,6-8H2,1H3/t10-,12-/m1/s1. The summed E-state index contributed by atoms with van der Waals surface area (Å²) in [6.45, 7) is 1.18. The zero-order chi connectivity index (χ0) is 12.0. The molecule has 1 fully saturated rings. The van der Waals surface area contributed by atoms with E-state index < -0.39 is 0 Å². The summed E-state index contributed by atoms with van der Waals surface area (Å²) in [6.07, 6.45) is 4.39. The van der Waals surface area contributed by atoms with E-state index in [2.05, 4.69) is 11.9 Å². The number of piperidine rings is 1. The van der Waals surface area contributed by atoms with Gasteiger partial charge in [-0.2, -0.15) is 0 Å². The van der Waals surface area contributed by atoms with E-state index in [1.807, 2.05) is 6.07 Å². The smallest absolute Gasteiger partial charge is 0.160 e. The third-order valence-electron chi connectivity index (χ3n) is 4.45. The lowest BCUT2D eigenvalue weighted by Gasteiger charge is -2.43. The van der Waals surface area contributed by atoms with Gasteiger partial charge in [0, 0.05) is 11.6 Å². The number of hydrogen-bond acceptors (Lipinski definition) is 3. The summed E-state index contributed by atoms with van der Waals surface area (Å²) in [7, 11) is 2.20. The molecule has 1 heterocycles. The first-order valence-electron chi connectivity index (χ1n) is 6.39. The van der Waals surface area contributed by atoms with Crippen molar-refractivity contribution in [2.45, 2.75) is 31.7 Å². The van der Waals surface area contributed by atoms with Crippen molar-refractivity contribution in [3.05, 3.63) is 23.3 Å². The van der Waals surface area contributed by atoms with E-state index in [1.54, 1.807) is 6.07 Å². The Balaban J connectivity index is 1.98. The molecule has 0 bridgehead atoms. The maximum absolute atomic E-state index is 9.94. The largest absolute Gasteiger partial charge is 0.504 e. The zero-order valence-electron chi connectivity index (χ0n) is 10.2. The minimum Gasteiger partial charge on any atom is -0.504 e. The van der Waals surface area contributed by atoms with E-state index in [0.29, 0.717) is 12.0 Å². The summed E-state index contributed by atoms with van der Waals surface area (Å²) < 4.78 is 0. The second kappa shape index (κ2) is 3.91. The maximum Gasteiger partial charge on any atom is 0.160 e. The summed E-state index contributed by atoms with van der Waals surface area (Å²) in [6, 6.07) is 4.18. The van der Waals surface area contributed by atoms with E-state index in [0.717, 1.165) is 18.4 Å². The zero-order valence-corrected chi connectivity index (χ0v) is 10.2. The fraction of sp³-hybridized carbons (Fsp3) is 0.571. The van der Waals surface area contributed by atoms with Crippen molar-refractivity contribution < 1.29 is 10.2 Å². The Morgan fingerprint density at radius 1 is 1.24 bits per heavy atom. The van der Waals surface area contributed by atoms with Crippen LogP contribution in [0, 0.1) is 5.92 Å². The quantitative estimate of drug-likeness (QED) is 0.673. The number of likely N-dealkylation sites (tertiary alicyclic amines) is 1. The van der Waals surface area contributed by atoms with Gasteiger partial charge in [-0.1, -0.05) is 6.07 Å². The van der Waals surface area contributed by atoms with Crippen LogP contribution < -0.4 is 0 Å². The molecule has 2 N–H and O–H groups in total. The molecule has 1 aliphatic heterocycles. The third kappa shape index (κ3) is 1.69. The molecule has 1 saturated heterocycles. The van der Waals surface area contributed by atoms with Crippen LogP contribution in [0.15, 0.2) is 12.1 Å². The molecule has 0 aromatic heterocycles. The Bertz CT molecular complexity index is 444. The molecule has 0 saturated carbocycles. The van der Waals surface area contributed by atoms with Crippen LogP contribution in [0.3, 0.4) is 0 Å². The van der Waals surface area contributed by atoms with Crippen LogP contribution in [-0.2, 0) is 12.8 Å². The molecule has 3 rings (SSSR count). The van der Waals surface area contributed by atoms with Gasteiger partial charge in [0.2, 0.25) is 0 Å². The predicted molar refractivity (Wildman–Crippen MR) is 66.3 cm³/mol. The van der Waals surface area contributed by atoms with Crippen molar-refractivity contribution in [1.82, 2.24) is 4.90 Å². The summed E-state index contributed by atoms with van der Waals surface area (Å²) in [5, 5.41) is 19.5. The van der Waals surface area contributed by atoms with Crippen LogP contribution in [0.5, 0.6) is 11.5 Å². The number of phenols is 2. The Kier molecular flexibility index (Phi) is 2.51. The summed E-state index contributed by atoms with van der Waals surface area (Å²) in [4.78, 5) is 2.45. The molecule has 0 spiro atoms. The molecule has 1 aliphatic carbocycles. The Morgan fingerprint density at radius 2 is 2.06 bits per heavy atom. The fourth-order valence-electron chi connectivity index (χ4n) is 3.45. The van der Waals surface area contributed by atoms with Crippen molar-refractivity contribution in [3.8, 4) is 11.5 Å². The lowest BCUT2D eigenvalue weighted by atomic mass is 9.75. The van der Waals surface area contributed by atoms with E-state index in [1.165, 1.54) is 24.9 Å².